The molecule has 0 aromatic carbocycles. The van der Waals surface area contributed by atoms with Crippen LogP contribution in [0.2, 0.25) is 0 Å². The fourth-order valence-corrected chi connectivity index (χ4v) is 1.99. The van der Waals surface area contributed by atoms with Gasteiger partial charge in [0, 0.05) is 0 Å². The van der Waals surface area contributed by atoms with E-state index < -0.39 is 5.97 Å². The van der Waals surface area contributed by atoms with Gasteiger partial charge in [0.1, 0.15) is 6.61 Å². The van der Waals surface area contributed by atoms with Crippen molar-refractivity contribution in [2.45, 2.75) is 64.4 Å². The zero-order valence-electron chi connectivity index (χ0n) is 14.3. The number of hydrogen-bond acceptors (Lipinski definition) is 3. The molecule has 4 nitrogen and oxygen atoms in total. The van der Waals surface area contributed by atoms with E-state index in [9.17, 15) is 9.90 Å². The van der Waals surface area contributed by atoms with Crippen molar-refractivity contribution in [2.75, 3.05) is 13.2 Å². The first-order valence-electron chi connectivity index (χ1n) is 8.62. The average molecular weight is 324 g/mol. The highest BCUT2D eigenvalue weighted by Crippen LogP contribution is 2.05. The first kappa shape index (κ1) is 21.6. The topological polar surface area (TPSA) is 66.8 Å². The molecular weight excluding hydrogens is 292 g/mol. The molecule has 0 aromatic rings. The van der Waals surface area contributed by atoms with E-state index in [1.54, 1.807) is 0 Å². The zero-order chi connectivity index (χ0) is 17.2. The fourth-order valence-electron chi connectivity index (χ4n) is 1.99. The maximum atomic E-state index is 10.2. The second-order valence-corrected chi connectivity index (χ2v) is 5.54. The Labute approximate surface area is 140 Å². The molecule has 1 atom stereocenters. The Kier molecular flexibility index (Phi) is 15.9. The van der Waals surface area contributed by atoms with Gasteiger partial charge in [-0.2, -0.15) is 0 Å². The summed E-state index contributed by atoms with van der Waals surface area (Å²) in [5.41, 5.74) is 0. The molecule has 0 amide bonds. The van der Waals surface area contributed by atoms with Gasteiger partial charge in [-0.25, -0.2) is 4.79 Å². The predicted octanol–water partition coefficient (Wildman–Crippen LogP) is 4.26. The van der Waals surface area contributed by atoms with Gasteiger partial charge in [0.05, 0.1) is 12.7 Å². The van der Waals surface area contributed by atoms with Crippen LogP contribution in [0.1, 0.15) is 58.3 Å². The Bertz CT molecular complexity index is 358. The van der Waals surface area contributed by atoms with Crippen molar-refractivity contribution >= 4 is 5.97 Å². The minimum Gasteiger partial charge on any atom is -0.480 e. The highest BCUT2D eigenvalue weighted by atomic mass is 16.5. The van der Waals surface area contributed by atoms with E-state index in [0.29, 0.717) is 6.61 Å². The van der Waals surface area contributed by atoms with E-state index >= 15 is 0 Å². The van der Waals surface area contributed by atoms with E-state index in [2.05, 4.69) is 13.0 Å². The van der Waals surface area contributed by atoms with Gasteiger partial charge in [-0.15, -0.1) is 0 Å². The third kappa shape index (κ3) is 18.6. The molecule has 2 N–H and O–H groups in total. The summed E-state index contributed by atoms with van der Waals surface area (Å²) in [6, 6.07) is 0. The number of rotatable bonds is 15. The third-order valence-corrected chi connectivity index (χ3v) is 3.28. The summed E-state index contributed by atoms with van der Waals surface area (Å²) in [5.74, 6) is -0.937. The van der Waals surface area contributed by atoms with Gasteiger partial charge in [0.15, 0.2) is 0 Å². The molecule has 0 heterocycles. The highest BCUT2D eigenvalue weighted by Gasteiger charge is 1.96. The van der Waals surface area contributed by atoms with Crippen molar-refractivity contribution < 1.29 is 19.7 Å². The first-order chi connectivity index (χ1) is 11.2. The largest absolute Gasteiger partial charge is 0.480 e. The van der Waals surface area contributed by atoms with Crippen LogP contribution in [-0.4, -0.2) is 35.5 Å². The SMILES string of the molecule is CCCCC[C@H](O)C=CC=CCCCCC=CCOCC(=O)O. The molecular formula is C19H32O4. The number of carbonyl (C=O) groups is 1. The fraction of sp³-hybridized carbons (Fsp3) is 0.632. The summed E-state index contributed by atoms with van der Waals surface area (Å²) in [4.78, 5) is 10.2. The summed E-state index contributed by atoms with van der Waals surface area (Å²) in [6.45, 7) is 2.28. The first-order valence-corrected chi connectivity index (χ1v) is 8.62. The minimum atomic E-state index is -0.937. The second kappa shape index (κ2) is 17.0. The third-order valence-electron chi connectivity index (χ3n) is 3.28. The van der Waals surface area contributed by atoms with Crippen molar-refractivity contribution in [1.82, 2.24) is 0 Å². The number of aliphatic hydroxyl groups excluding tert-OH is 1. The Morgan fingerprint density at radius 1 is 1.04 bits per heavy atom. The molecule has 0 unspecified atom stereocenters. The lowest BCUT2D eigenvalue weighted by Gasteiger charge is -2.03. The summed E-state index contributed by atoms with van der Waals surface area (Å²) in [6.07, 6.45) is 20.0. The molecule has 0 aliphatic heterocycles. The molecule has 0 aliphatic rings. The average Bonchev–Trinajstić information content (AvgIpc) is 2.51. The maximum absolute atomic E-state index is 10.2. The molecule has 0 rings (SSSR count). The van der Waals surface area contributed by atoms with Crippen LogP contribution in [0.15, 0.2) is 36.5 Å². The molecule has 0 aliphatic carbocycles. The lowest BCUT2D eigenvalue weighted by Crippen LogP contribution is -2.06. The van der Waals surface area contributed by atoms with Crippen molar-refractivity contribution in [3.8, 4) is 0 Å². The van der Waals surface area contributed by atoms with Crippen LogP contribution in [0.25, 0.3) is 0 Å². The van der Waals surface area contributed by atoms with E-state index in [4.69, 9.17) is 9.84 Å². The van der Waals surface area contributed by atoms with Gasteiger partial charge < -0.3 is 14.9 Å². The number of ether oxygens (including phenoxy) is 1. The molecule has 0 saturated heterocycles. The molecule has 0 spiro atoms. The number of aliphatic hydroxyl groups is 1. The van der Waals surface area contributed by atoms with Gasteiger partial charge in [-0.3, -0.25) is 0 Å². The molecule has 132 valence electrons. The lowest BCUT2D eigenvalue weighted by molar-refractivity contribution is -0.141. The van der Waals surface area contributed by atoms with Crippen LogP contribution in [0.4, 0.5) is 0 Å². The number of aliphatic carboxylic acids is 1. The van der Waals surface area contributed by atoms with Crippen molar-refractivity contribution in [1.29, 1.82) is 0 Å². The molecule has 0 bridgehead atoms. The molecule has 0 fully saturated rings. The summed E-state index contributed by atoms with van der Waals surface area (Å²) in [5, 5.41) is 18.1. The standard InChI is InChI=1S/C19H32O4/c1-2-3-11-14-18(20)15-12-9-7-5-4-6-8-10-13-16-23-17-19(21)22/h7,9-10,12-13,15,18,20H,2-6,8,11,14,16-17H2,1H3,(H,21,22)/t18-/m0/s1. The van der Waals surface area contributed by atoms with Crippen LogP contribution in [-0.2, 0) is 9.53 Å². The summed E-state index contributed by atoms with van der Waals surface area (Å²) in [7, 11) is 0. The minimum absolute atomic E-state index is 0.240. The predicted molar refractivity (Wildman–Crippen MR) is 94.5 cm³/mol. The Morgan fingerprint density at radius 3 is 2.48 bits per heavy atom. The number of allylic oxidation sites excluding steroid dienone is 4. The van der Waals surface area contributed by atoms with E-state index in [1.807, 2.05) is 30.4 Å². The van der Waals surface area contributed by atoms with Gasteiger partial charge in [-0.1, -0.05) is 62.6 Å². The van der Waals surface area contributed by atoms with Crippen molar-refractivity contribution in [2.24, 2.45) is 0 Å². The second-order valence-electron chi connectivity index (χ2n) is 5.54. The summed E-state index contributed by atoms with van der Waals surface area (Å²) >= 11 is 0. The van der Waals surface area contributed by atoms with Crippen LogP contribution in [0, 0.1) is 0 Å². The molecule has 0 radical (unpaired) electrons. The lowest BCUT2D eigenvalue weighted by atomic mass is 10.1. The summed E-state index contributed by atoms with van der Waals surface area (Å²) < 4.78 is 4.89. The Morgan fingerprint density at radius 2 is 1.78 bits per heavy atom. The highest BCUT2D eigenvalue weighted by molar-refractivity contribution is 5.67. The van der Waals surface area contributed by atoms with Gasteiger partial charge in [0.2, 0.25) is 0 Å². The van der Waals surface area contributed by atoms with Crippen LogP contribution < -0.4 is 0 Å². The normalized spacial score (nSPS) is 13.5. The van der Waals surface area contributed by atoms with E-state index in [0.717, 1.165) is 38.5 Å². The molecule has 4 heteroatoms. The Hall–Kier alpha value is -1.39. The van der Waals surface area contributed by atoms with E-state index in [1.165, 1.54) is 12.8 Å². The van der Waals surface area contributed by atoms with Crippen molar-refractivity contribution in [3.63, 3.8) is 0 Å². The monoisotopic (exact) mass is 324 g/mol. The molecule has 23 heavy (non-hydrogen) atoms. The van der Waals surface area contributed by atoms with Crippen LogP contribution in [0.3, 0.4) is 0 Å². The van der Waals surface area contributed by atoms with Gasteiger partial charge in [0.25, 0.3) is 0 Å². The van der Waals surface area contributed by atoms with Crippen LogP contribution in [0.5, 0.6) is 0 Å². The van der Waals surface area contributed by atoms with Gasteiger partial charge in [-0.05, 0) is 32.1 Å². The van der Waals surface area contributed by atoms with Gasteiger partial charge >= 0.3 is 5.97 Å². The molecule has 0 saturated carbocycles. The zero-order valence-corrected chi connectivity index (χ0v) is 14.3. The van der Waals surface area contributed by atoms with E-state index in [-0.39, 0.29) is 12.7 Å². The smallest absolute Gasteiger partial charge is 0.329 e. The number of carboxylic acid groups (broad SMARTS) is 1. The maximum Gasteiger partial charge on any atom is 0.329 e. The number of unbranched alkanes of at least 4 members (excludes halogenated alkanes) is 5. The quantitative estimate of drug-likeness (QED) is 0.268. The Balaban J connectivity index is 3.43. The number of hydrogen-bond donors (Lipinski definition) is 2. The number of carboxylic acids is 1. The van der Waals surface area contributed by atoms with Crippen LogP contribution >= 0.6 is 0 Å². The van der Waals surface area contributed by atoms with Crippen molar-refractivity contribution in [3.05, 3.63) is 36.5 Å². The molecule has 0 aromatic heterocycles.